The maximum atomic E-state index is 13.0. The van der Waals surface area contributed by atoms with Crippen molar-refractivity contribution in [3.63, 3.8) is 0 Å². The van der Waals surface area contributed by atoms with Crippen LogP contribution in [0.15, 0.2) is 60.8 Å². The number of benzene rings is 2. The number of aromatic nitrogens is 1. The molecule has 0 spiro atoms. The van der Waals surface area contributed by atoms with Crippen LogP contribution < -0.4 is 4.74 Å². The molecule has 0 aliphatic carbocycles. The van der Waals surface area contributed by atoms with Crippen LogP contribution in [-0.2, 0) is 11.2 Å². The summed E-state index contributed by atoms with van der Waals surface area (Å²) < 4.78 is 19.1. The highest BCUT2D eigenvalue weighted by molar-refractivity contribution is 5.84. The summed E-state index contributed by atoms with van der Waals surface area (Å²) >= 11 is 0. The zero-order chi connectivity index (χ0) is 17.9. The molecule has 1 aliphatic heterocycles. The fraction of sp³-hybridized carbons (Fsp3) is 0.238. The van der Waals surface area contributed by atoms with E-state index in [1.807, 2.05) is 35.2 Å². The summed E-state index contributed by atoms with van der Waals surface area (Å²) in [6, 6.07) is 15.8. The summed E-state index contributed by atoms with van der Waals surface area (Å²) in [7, 11) is 0. The third kappa shape index (κ3) is 3.52. The van der Waals surface area contributed by atoms with E-state index < -0.39 is 0 Å². The van der Waals surface area contributed by atoms with E-state index in [2.05, 4.69) is 4.98 Å². The Morgan fingerprint density at radius 2 is 1.96 bits per heavy atom. The summed E-state index contributed by atoms with van der Waals surface area (Å²) in [5.41, 5.74) is 1.66. The quantitative estimate of drug-likeness (QED) is 0.722. The zero-order valence-corrected chi connectivity index (χ0v) is 14.3. The predicted molar refractivity (Wildman–Crippen MR) is 97.5 cm³/mol. The molecule has 1 aliphatic rings. The first-order valence-electron chi connectivity index (χ1n) is 8.72. The van der Waals surface area contributed by atoms with Gasteiger partial charge in [0.15, 0.2) is 0 Å². The molecule has 1 amide bonds. The Kier molecular flexibility index (Phi) is 4.52. The molecule has 4 nitrogen and oxygen atoms in total. The van der Waals surface area contributed by atoms with Crippen LogP contribution in [0, 0.1) is 5.82 Å². The van der Waals surface area contributed by atoms with E-state index in [0.717, 1.165) is 28.6 Å². The Morgan fingerprint density at radius 3 is 2.81 bits per heavy atom. The number of fused-ring (bicyclic) bond motifs is 1. The number of hydrogen-bond donors (Lipinski definition) is 0. The van der Waals surface area contributed by atoms with Gasteiger partial charge in [0.1, 0.15) is 23.2 Å². The molecule has 1 aromatic heterocycles. The second-order valence-corrected chi connectivity index (χ2v) is 6.50. The first kappa shape index (κ1) is 16.5. The van der Waals surface area contributed by atoms with Gasteiger partial charge in [-0.3, -0.25) is 9.78 Å². The van der Waals surface area contributed by atoms with Crippen molar-refractivity contribution in [2.24, 2.45) is 0 Å². The van der Waals surface area contributed by atoms with Gasteiger partial charge < -0.3 is 9.64 Å². The number of pyridine rings is 1. The summed E-state index contributed by atoms with van der Waals surface area (Å²) in [6.07, 6.45) is 2.78. The third-order valence-electron chi connectivity index (χ3n) is 4.66. The molecule has 5 heteroatoms. The second-order valence-electron chi connectivity index (χ2n) is 6.50. The number of amides is 1. The van der Waals surface area contributed by atoms with Crippen LogP contribution in [0.3, 0.4) is 0 Å². The Balaban J connectivity index is 1.40. The minimum absolute atomic E-state index is 0.0405. The van der Waals surface area contributed by atoms with E-state index in [9.17, 15) is 9.18 Å². The summed E-state index contributed by atoms with van der Waals surface area (Å²) in [6.45, 7) is 1.23. The van der Waals surface area contributed by atoms with Gasteiger partial charge in [0.05, 0.1) is 13.0 Å². The highest BCUT2D eigenvalue weighted by Crippen LogP contribution is 2.26. The Morgan fingerprint density at radius 1 is 1.15 bits per heavy atom. The van der Waals surface area contributed by atoms with Crippen molar-refractivity contribution in [1.29, 1.82) is 0 Å². The second kappa shape index (κ2) is 7.12. The summed E-state index contributed by atoms with van der Waals surface area (Å²) in [5.74, 6) is 0.499. The fourth-order valence-corrected chi connectivity index (χ4v) is 3.29. The number of para-hydroxylation sites is 1. The van der Waals surface area contributed by atoms with Crippen LogP contribution in [0.1, 0.15) is 12.0 Å². The van der Waals surface area contributed by atoms with E-state index >= 15 is 0 Å². The first-order valence-corrected chi connectivity index (χ1v) is 8.72. The molecule has 0 radical (unpaired) electrons. The molecule has 1 fully saturated rings. The molecule has 26 heavy (non-hydrogen) atoms. The number of nitrogens with zero attached hydrogens (tertiary/aromatic N) is 2. The van der Waals surface area contributed by atoms with E-state index in [1.165, 1.54) is 12.1 Å². The normalized spacial score (nSPS) is 16.8. The minimum Gasteiger partial charge on any atom is -0.486 e. The molecule has 4 rings (SSSR count). The van der Waals surface area contributed by atoms with Gasteiger partial charge in [0.25, 0.3) is 0 Å². The largest absolute Gasteiger partial charge is 0.486 e. The van der Waals surface area contributed by atoms with Crippen LogP contribution in [0.25, 0.3) is 10.9 Å². The number of carbonyl (C=O) groups is 1. The van der Waals surface area contributed by atoms with Gasteiger partial charge in [0.2, 0.25) is 5.91 Å². The number of halogens is 1. The van der Waals surface area contributed by atoms with Crippen molar-refractivity contribution in [3.8, 4) is 5.75 Å². The number of hydrogen-bond acceptors (Lipinski definition) is 3. The molecular formula is C21H19FN2O2. The highest BCUT2D eigenvalue weighted by atomic mass is 19.1. The first-order chi connectivity index (χ1) is 12.7. The third-order valence-corrected chi connectivity index (χ3v) is 4.66. The van der Waals surface area contributed by atoms with Gasteiger partial charge in [0, 0.05) is 24.5 Å². The number of likely N-dealkylation sites (tertiary alicyclic amines) is 1. The number of rotatable bonds is 4. The standard InChI is InChI=1S/C21H19FN2O2/c22-17-8-6-15(7-9-17)13-20(25)24-12-10-18(14-24)26-19-5-1-3-16-4-2-11-23-21(16)19/h1-9,11,18H,10,12-14H2/t18-/m1/s1. The van der Waals surface area contributed by atoms with Crippen LogP contribution in [0.5, 0.6) is 5.75 Å². The van der Waals surface area contributed by atoms with E-state index in [4.69, 9.17) is 4.74 Å². The van der Waals surface area contributed by atoms with Crippen molar-refractivity contribution in [2.75, 3.05) is 13.1 Å². The SMILES string of the molecule is O=C(Cc1ccc(F)cc1)N1CC[C@@H](Oc2cccc3cccnc23)C1. The average Bonchev–Trinajstić information content (AvgIpc) is 3.13. The van der Waals surface area contributed by atoms with Gasteiger partial charge in [-0.2, -0.15) is 0 Å². The number of ether oxygens (including phenoxy) is 1. The maximum Gasteiger partial charge on any atom is 0.227 e. The van der Waals surface area contributed by atoms with E-state index in [-0.39, 0.29) is 24.2 Å². The van der Waals surface area contributed by atoms with Crippen molar-refractivity contribution in [1.82, 2.24) is 9.88 Å². The van der Waals surface area contributed by atoms with Gasteiger partial charge >= 0.3 is 0 Å². The molecule has 0 N–H and O–H groups in total. The van der Waals surface area contributed by atoms with Crippen LogP contribution in [0.2, 0.25) is 0 Å². The summed E-state index contributed by atoms with van der Waals surface area (Å²) in [4.78, 5) is 18.7. The molecule has 0 saturated carbocycles. The molecular weight excluding hydrogens is 331 g/mol. The fourth-order valence-electron chi connectivity index (χ4n) is 3.29. The van der Waals surface area contributed by atoms with Crippen molar-refractivity contribution in [2.45, 2.75) is 18.9 Å². The molecule has 132 valence electrons. The Bertz CT molecular complexity index is 921. The Labute approximate surface area is 151 Å². The number of carbonyl (C=O) groups excluding carboxylic acids is 1. The van der Waals surface area contributed by atoms with Crippen molar-refractivity contribution in [3.05, 3.63) is 72.2 Å². The maximum absolute atomic E-state index is 13.0. The van der Waals surface area contributed by atoms with Gasteiger partial charge in [-0.1, -0.05) is 30.3 Å². The van der Waals surface area contributed by atoms with Gasteiger partial charge in [-0.05, 0) is 29.8 Å². The smallest absolute Gasteiger partial charge is 0.227 e. The Hall–Kier alpha value is -2.95. The average molecular weight is 350 g/mol. The van der Waals surface area contributed by atoms with Gasteiger partial charge in [-0.15, -0.1) is 0 Å². The lowest BCUT2D eigenvalue weighted by atomic mass is 10.1. The van der Waals surface area contributed by atoms with Crippen LogP contribution in [0.4, 0.5) is 4.39 Å². The van der Waals surface area contributed by atoms with Crippen molar-refractivity contribution >= 4 is 16.8 Å². The lowest BCUT2D eigenvalue weighted by Gasteiger charge is -2.18. The molecule has 2 heterocycles. The monoisotopic (exact) mass is 350 g/mol. The molecule has 0 unspecified atom stereocenters. The molecule has 1 atom stereocenters. The molecule has 1 saturated heterocycles. The highest BCUT2D eigenvalue weighted by Gasteiger charge is 2.28. The topological polar surface area (TPSA) is 42.4 Å². The zero-order valence-electron chi connectivity index (χ0n) is 14.3. The summed E-state index contributed by atoms with van der Waals surface area (Å²) in [5, 5.41) is 1.03. The predicted octanol–water partition coefficient (Wildman–Crippen LogP) is 3.60. The lowest BCUT2D eigenvalue weighted by molar-refractivity contribution is -0.129. The van der Waals surface area contributed by atoms with Crippen molar-refractivity contribution < 1.29 is 13.9 Å². The lowest BCUT2D eigenvalue weighted by Crippen LogP contribution is -2.32. The van der Waals surface area contributed by atoms with E-state index in [0.29, 0.717) is 13.1 Å². The molecule has 2 aromatic carbocycles. The van der Waals surface area contributed by atoms with Gasteiger partial charge in [-0.25, -0.2) is 4.39 Å². The van der Waals surface area contributed by atoms with E-state index in [1.54, 1.807) is 18.3 Å². The van der Waals surface area contributed by atoms with Crippen LogP contribution in [-0.4, -0.2) is 35.0 Å². The molecule has 0 bridgehead atoms. The van der Waals surface area contributed by atoms with Crippen LogP contribution >= 0.6 is 0 Å². The molecule has 3 aromatic rings. The minimum atomic E-state index is -0.292.